The zero-order valence-electron chi connectivity index (χ0n) is 14.1. The van der Waals surface area contributed by atoms with Crippen molar-refractivity contribution < 1.29 is 18.0 Å². The Morgan fingerprint density at radius 1 is 1.13 bits per heavy atom. The van der Waals surface area contributed by atoms with Gasteiger partial charge in [0.1, 0.15) is 5.78 Å². The lowest BCUT2D eigenvalue weighted by Crippen LogP contribution is -2.55. The molecule has 0 spiro atoms. The maximum Gasteiger partial charge on any atom is 0.264 e. The van der Waals surface area contributed by atoms with Gasteiger partial charge in [-0.25, -0.2) is 13.1 Å². The lowest BCUT2D eigenvalue weighted by molar-refractivity contribution is -0.147. The van der Waals surface area contributed by atoms with E-state index < -0.39 is 27.3 Å². The number of nitrogens with one attached hydrogen (secondary N) is 1. The van der Waals surface area contributed by atoms with E-state index in [9.17, 15) is 18.0 Å². The van der Waals surface area contributed by atoms with E-state index in [0.717, 1.165) is 11.1 Å². The van der Waals surface area contributed by atoms with Crippen LogP contribution in [0.15, 0.2) is 23.1 Å². The molecule has 126 valence electrons. The number of carbonyl (C=O) groups is 2. The first-order valence-corrected chi connectivity index (χ1v) is 9.09. The molecule has 2 rings (SSSR count). The van der Waals surface area contributed by atoms with E-state index in [-0.39, 0.29) is 16.6 Å². The standard InChI is InChI=1S/C17H23NO4S/c1-10-6-7-13(8-11(10)2)23(21,22)18-16(20)15-9-14(12(3)19)17(15,4)5/h6-8,14-15H,9H2,1-5H3,(H,18,20)/t14-,15+/m0/s1. The molecule has 1 amide bonds. The third-order valence-electron chi connectivity index (χ3n) is 5.10. The molecule has 1 fully saturated rings. The zero-order chi connectivity index (χ0) is 17.6. The topological polar surface area (TPSA) is 80.3 Å². The van der Waals surface area contributed by atoms with Crippen LogP contribution >= 0.6 is 0 Å². The Kier molecular flexibility index (Phi) is 4.41. The summed E-state index contributed by atoms with van der Waals surface area (Å²) in [6.45, 7) is 8.88. The molecule has 0 saturated heterocycles. The van der Waals surface area contributed by atoms with Crippen LogP contribution in [0.4, 0.5) is 0 Å². The van der Waals surface area contributed by atoms with Gasteiger partial charge in [0.2, 0.25) is 5.91 Å². The van der Waals surface area contributed by atoms with E-state index >= 15 is 0 Å². The van der Waals surface area contributed by atoms with Crippen molar-refractivity contribution in [3.8, 4) is 0 Å². The molecule has 0 unspecified atom stereocenters. The second kappa shape index (κ2) is 5.74. The number of hydrogen-bond acceptors (Lipinski definition) is 4. The van der Waals surface area contributed by atoms with E-state index in [0.29, 0.717) is 6.42 Å². The van der Waals surface area contributed by atoms with Gasteiger partial charge < -0.3 is 0 Å². The Bertz CT molecular complexity index is 765. The first-order chi connectivity index (χ1) is 10.5. The van der Waals surface area contributed by atoms with Gasteiger partial charge in [0, 0.05) is 11.8 Å². The molecule has 2 atom stereocenters. The van der Waals surface area contributed by atoms with Crippen LogP contribution in [0.3, 0.4) is 0 Å². The average Bonchev–Trinajstić information content (AvgIpc) is 2.39. The van der Waals surface area contributed by atoms with Crippen molar-refractivity contribution in [3.05, 3.63) is 29.3 Å². The molecule has 6 heteroatoms. The van der Waals surface area contributed by atoms with Gasteiger partial charge in [0.05, 0.1) is 4.90 Å². The van der Waals surface area contributed by atoms with Gasteiger partial charge in [0.15, 0.2) is 0 Å². The van der Waals surface area contributed by atoms with Crippen LogP contribution in [-0.2, 0) is 19.6 Å². The first kappa shape index (κ1) is 17.7. The van der Waals surface area contributed by atoms with Crippen molar-refractivity contribution in [2.24, 2.45) is 17.3 Å². The van der Waals surface area contributed by atoms with Gasteiger partial charge in [-0.2, -0.15) is 0 Å². The number of hydrogen-bond donors (Lipinski definition) is 1. The molecule has 23 heavy (non-hydrogen) atoms. The predicted octanol–water partition coefficient (Wildman–Crippen LogP) is 2.36. The van der Waals surface area contributed by atoms with Crippen molar-refractivity contribution in [2.75, 3.05) is 0 Å². The fourth-order valence-electron chi connectivity index (χ4n) is 3.20. The Labute approximate surface area is 137 Å². The first-order valence-electron chi connectivity index (χ1n) is 7.61. The molecular weight excluding hydrogens is 314 g/mol. The highest BCUT2D eigenvalue weighted by atomic mass is 32.2. The Morgan fingerprint density at radius 3 is 2.22 bits per heavy atom. The summed E-state index contributed by atoms with van der Waals surface area (Å²) in [5, 5.41) is 0. The molecule has 0 aliphatic heterocycles. The third kappa shape index (κ3) is 3.17. The second-order valence-corrected chi connectivity index (χ2v) is 8.67. The minimum Gasteiger partial charge on any atom is -0.300 e. The van der Waals surface area contributed by atoms with Crippen molar-refractivity contribution in [1.29, 1.82) is 0 Å². The number of carbonyl (C=O) groups excluding carboxylic acids is 2. The lowest BCUT2D eigenvalue weighted by atomic mass is 9.53. The molecule has 0 bridgehead atoms. The van der Waals surface area contributed by atoms with E-state index in [2.05, 4.69) is 4.72 Å². The summed E-state index contributed by atoms with van der Waals surface area (Å²) in [6.07, 6.45) is 0.399. The molecular formula is C17H23NO4S. The fourth-order valence-corrected chi connectivity index (χ4v) is 4.31. The third-order valence-corrected chi connectivity index (χ3v) is 6.44. The van der Waals surface area contributed by atoms with Crippen LogP contribution in [0.25, 0.3) is 0 Å². The summed E-state index contributed by atoms with van der Waals surface area (Å²) < 4.78 is 26.9. The normalized spacial score (nSPS) is 23.0. The molecule has 1 aliphatic rings. The quantitative estimate of drug-likeness (QED) is 0.914. The van der Waals surface area contributed by atoms with Crippen LogP contribution in [0.2, 0.25) is 0 Å². The number of sulfonamides is 1. The SMILES string of the molecule is CC(=O)[C@@H]1C[C@H](C(=O)NS(=O)(=O)c2ccc(C)c(C)c2)C1(C)C. The highest BCUT2D eigenvalue weighted by molar-refractivity contribution is 7.90. The van der Waals surface area contributed by atoms with Crippen molar-refractivity contribution in [1.82, 2.24) is 4.72 Å². The maximum atomic E-state index is 12.4. The summed E-state index contributed by atoms with van der Waals surface area (Å²) in [6, 6.07) is 4.75. The number of ketones is 1. The van der Waals surface area contributed by atoms with E-state index in [1.807, 2.05) is 27.7 Å². The highest BCUT2D eigenvalue weighted by Gasteiger charge is 2.54. The number of rotatable bonds is 4. The number of benzene rings is 1. The molecule has 1 aliphatic carbocycles. The molecule has 0 radical (unpaired) electrons. The van der Waals surface area contributed by atoms with Crippen molar-refractivity contribution in [3.63, 3.8) is 0 Å². The minimum atomic E-state index is -3.89. The summed E-state index contributed by atoms with van der Waals surface area (Å²) >= 11 is 0. The minimum absolute atomic E-state index is 0.0380. The zero-order valence-corrected chi connectivity index (χ0v) is 15.0. The molecule has 1 saturated carbocycles. The molecule has 5 nitrogen and oxygen atoms in total. The van der Waals surface area contributed by atoms with Gasteiger partial charge in [-0.1, -0.05) is 19.9 Å². The molecule has 1 aromatic rings. The Morgan fingerprint density at radius 2 is 1.74 bits per heavy atom. The van der Waals surface area contributed by atoms with Crippen LogP contribution in [0.5, 0.6) is 0 Å². The number of amides is 1. The van der Waals surface area contributed by atoms with Gasteiger partial charge >= 0.3 is 0 Å². The van der Waals surface area contributed by atoms with Crippen LogP contribution in [0, 0.1) is 31.1 Å². The predicted molar refractivity (Wildman–Crippen MR) is 87.3 cm³/mol. The lowest BCUT2D eigenvalue weighted by Gasteiger charge is -2.49. The second-order valence-electron chi connectivity index (χ2n) is 6.99. The van der Waals surface area contributed by atoms with Crippen LogP contribution < -0.4 is 4.72 Å². The Hall–Kier alpha value is -1.69. The molecule has 1 aromatic carbocycles. The monoisotopic (exact) mass is 337 g/mol. The van der Waals surface area contributed by atoms with Gasteiger partial charge in [-0.15, -0.1) is 0 Å². The summed E-state index contributed by atoms with van der Waals surface area (Å²) in [4.78, 5) is 24.0. The largest absolute Gasteiger partial charge is 0.300 e. The summed E-state index contributed by atoms with van der Waals surface area (Å²) in [5.74, 6) is -1.16. The highest BCUT2D eigenvalue weighted by Crippen LogP contribution is 2.51. The average molecular weight is 337 g/mol. The summed E-state index contributed by atoms with van der Waals surface area (Å²) in [5.41, 5.74) is 1.31. The van der Waals surface area contributed by atoms with Gasteiger partial charge in [-0.05, 0) is 55.9 Å². The smallest absolute Gasteiger partial charge is 0.264 e. The van der Waals surface area contributed by atoms with Crippen molar-refractivity contribution >= 4 is 21.7 Å². The Balaban J connectivity index is 2.17. The van der Waals surface area contributed by atoms with Crippen molar-refractivity contribution in [2.45, 2.75) is 45.9 Å². The van der Waals surface area contributed by atoms with Crippen LogP contribution in [0.1, 0.15) is 38.3 Å². The van der Waals surface area contributed by atoms with Gasteiger partial charge in [0.25, 0.3) is 10.0 Å². The van der Waals surface area contributed by atoms with Gasteiger partial charge in [-0.3, -0.25) is 9.59 Å². The molecule has 0 aromatic heterocycles. The molecule has 0 heterocycles. The number of Topliss-reactive ketones (excluding diaryl/α,β-unsaturated/α-hetero) is 1. The van der Waals surface area contributed by atoms with E-state index in [1.165, 1.54) is 13.0 Å². The molecule has 1 N–H and O–H groups in total. The van der Waals surface area contributed by atoms with Crippen LogP contribution in [-0.4, -0.2) is 20.1 Å². The fraction of sp³-hybridized carbons (Fsp3) is 0.529. The van der Waals surface area contributed by atoms with E-state index in [4.69, 9.17) is 0 Å². The summed E-state index contributed by atoms with van der Waals surface area (Å²) in [7, 11) is -3.89. The number of aryl methyl sites for hydroxylation is 2. The van der Waals surface area contributed by atoms with E-state index in [1.54, 1.807) is 12.1 Å². The maximum absolute atomic E-state index is 12.4.